The van der Waals surface area contributed by atoms with E-state index in [1.807, 2.05) is 13.8 Å². The largest absolute Gasteiger partial charge is 0.508 e. The van der Waals surface area contributed by atoms with Gasteiger partial charge in [0.05, 0.1) is 17.0 Å². The number of aryl methyl sites for hydroxylation is 2. The van der Waals surface area contributed by atoms with E-state index >= 15 is 0 Å². The molecule has 0 atom stereocenters. The number of hydrogen-bond donors (Lipinski definition) is 2. The second kappa shape index (κ2) is 6.25. The van der Waals surface area contributed by atoms with Crippen LogP contribution in [-0.4, -0.2) is 26.2 Å². The second-order valence-corrected chi connectivity index (χ2v) is 4.35. The van der Waals surface area contributed by atoms with E-state index in [2.05, 4.69) is 20.5 Å². The summed E-state index contributed by atoms with van der Waals surface area (Å²) in [5.74, 6) is -1.73. The van der Waals surface area contributed by atoms with Crippen molar-refractivity contribution in [1.82, 2.24) is 15.2 Å². The van der Waals surface area contributed by atoms with Crippen LogP contribution in [0.5, 0.6) is 5.75 Å². The number of benzene rings is 1. The number of aromatic nitrogens is 3. The first-order valence-electron chi connectivity index (χ1n) is 6.57. The van der Waals surface area contributed by atoms with Crippen molar-refractivity contribution in [3.05, 3.63) is 41.0 Å². The predicted octanol–water partition coefficient (Wildman–Crippen LogP) is 2.09. The Hall–Kier alpha value is -2.57. The Bertz CT molecular complexity index is 676. The van der Waals surface area contributed by atoms with Crippen LogP contribution in [0, 0.1) is 5.82 Å². The smallest absolute Gasteiger partial charge is 0.261 e. The Morgan fingerprint density at radius 1 is 1.24 bits per heavy atom. The molecular weight excluding hydrogens is 275 g/mol. The number of nitrogens with zero attached hydrogens (tertiary/aromatic N) is 3. The fourth-order valence-electron chi connectivity index (χ4n) is 1.85. The van der Waals surface area contributed by atoms with Crippen molar-refractivity contribution >= 4 is 11.9 Å². The van der Waals surface area contributed by atoms with Gasteiger partial charge in [-0.1, -0.05) is 13.8 Å². The molecule has 1 heterocycles. The molecule has 7 heteroatoms. The average Bonchev–Trinajstić information content (AvgIpc) is 2.46. The van der Waals surface area contributed by atoms with Gasteiger partial charge in [-0.3, -0.25) is 10.1 Å². The van der Waals surface area contributed by atoms with Gasteiger partial charge in [0, 0.05) is 6.07 Å². The van der Waals surface area contributed by atoms with E-state index in [9.17, 15) is 9.18 Å². The summed E-state index contributed by atoms with van der Waals surface area (Å²) in [5.41, 5.74) is 1.31. The minimum atomic E-state index is -0.818. The number of anilines is 1. The van der Waals surface area contributed by atoms with Crippen LogP contribution in [0.1, 0.15) is 35.6 Å². The van der Waals surface area contributed by atoms with E-state index < -0.39 is 11.7 Å². The van der Waals surface area contributed by atoms with E-state index in [1.54, 1.807) is 0 Å². The number of carbonyl (C=O) groups is 1. The summed E-state index contributed by atoms with van der Waals surface area (Å²) < 4.78 is 13.6. The van der Waals surface area contributed by atoms with Crippen molar-refractivity contribution in [2.24, 2.45) is 0 Å². The van der Waals surface area contributed by atoms with Gasteiger partial charge >= 0.3 is 0 Å². The summed E-state index contributed by atoms with van der Waals surface area (Å²) in [7, 11) is 0. The number of aromatic hydroxyl groups is 1. The molecule has 0 aliphatic carbocycles. The van der Waals surface area contributed by atoms with Crippen LogP contribution in [0.25, 0.3) is 0 Å². The molecule has 0 aliphatic rings. The number of halogens is 1. The normalized spacial score (nSPS) is 10.4. The van der Waals surface area contributed by atoms with Gasteiger partial charge in [0.1, 0.15) is 11.6 Å². The summed E-state index contributed by atoms with van der Waals surface area (Å²) >= 11 is 0. The van der Waals surface area contributed by atoms with Crippen LogP contribution in [0.4, 0.5) is 10.3 Å². The minimum Gasteiger partial charge on any atom is -0.508 e. The lowest BCUT2D eigenvalue weighted by atomic mass is 10.2. The molecular formula is C14H15FN4O2. The first-order valence-corrected chi connectivity index (χ1v) is 6.57. The van der Waals surface area contributed by atoms with Gasteiger partial charge in [0.25, 0.3) is 5.91 Å². The summed E-state index contributed by atoms with van der Waals surface area (Å²) in [6.07, 6.45) is 1.36. The van der Waals surface area contributed by atoms with E-state index in [0.717, 1.165) is 17.5 Å². The maximum Gasteiger partial charge on any atom is 0.261 e. The molecule has 0 saturated heterocycles. The monoisotopic (exact) mass is 290 g/mol. The Morgan fingerprint density at radius 3 is 2.57 bits per heavy atom. The topological polar surface area (TPSA) is 88.0 Å². The fourth-order valence-corrected chi connectivity index (χ4v) is 1.85. The van der Waals surface area contributed by atoms with Crippen LogP contribution < -0.4 is 5.32 Å². The highest BCUT2D eigenvalue weighted by Crippen LogP contribution is 2.16. The van der Waals surface area contributed by atoms with Crippen molar-refractivity contribution in [2.45, 2.75) is 26.7 Å². The molecule has 2 N–H and O–H groups in total. The molecule has 0 aliphatic heterocycles. The number of phenolic OH excluding ortho intramolecular Hbond substituents is 1. The summed E-state index contributed by atoms with van der Waals surface area (Å²) in [5, 5.41) is 19.3. The van der Waals surface area contributed by atoms with Gasteiger partial charge in [-0.05, 0) is 25.0 Å². The van der Waals surface area contributed by atoms with Crippen LogP contribution in [0.2, 0.25) is 0 Å². The zero-order chi connectivity index (χ0) is 15.4. The highest BCUT2D eigenvalue weighted by atomic mass is 19.1. The van der Waals surface area contributed by atoms with E-state index in [1.165, 1.54) is 12.1 Å². The highest BCUT2D eigenvalue weighted by molar-refractivity contribution is 6.03. The van der Waals surface area contributed by atoms with Gasteiger partial charge in [0.2, 0.25) is 5.95 Å². The molecule has 1 aromatic carbocycles. The Kier molecular flexibility index (Phi) is 4.42. The zero-order valence-corrected chi connectivity index (χ0v) is 11.7. The van der Waals surface area contributed by atoms with Crippen LogP contribution in [0.15, 0.2) is 18.2 Å². The van der Waals surface area contributed by atoms with Crippen molar-refractivity contribution in [3.63, 3.8) is 0 Å². The Labute approximate surface area is 121 Å². The third kappa shape index (κ3) is 3.31. The molecule has 2 aromatic rings. The molecule has 0 radical (unpaired) electrons. The summed E-state index contributed by atoms with van der Waals surface area (Å²) in [6.45, 7) is 3.86. The average molecular weight is 290 g/mol. The Balaban J connectivity index is 2.23. The molecule has 1 amide bonds. The van der Waals surface area contributed by atoms with Crippen LogP contribution in [0.3, 0.4) is 0 Å². The maximum absolute atomic E-state index is 13.6. The lowest BCUT2D eigenvalue weighted by Gasteiger charge is -2.07. The molecule has 0 bridgehead atoms. The molecule has 0 fully saturated rings. The first-order chi connectivity index (χ1) is 10.0. The molecule has 6 nitrogen and oxygen atoms in total. The number of carbonyl (C=O) groups excluding carboxylic acids is 1. The molecule has 1 aromatic heterocycles. The minimum absolute atomic E-state index is 0.0292. The highest BCUT2D eigenvalue weighted by Gasteiger charge is 2.15. The first kappa shape index (κ1) is 14.8. The van der Waals surface area contributed by atoms with E-state index in [4.69, 9.17) is 5.11 Å². The maximum atomic E-state index is 13.6. The molecule has 110 valence electrons. The molecule has 21 heavy (non-hydrogen) atoms. The van der Waals surface area contributed by atoms with Crippen molar-refractivity contribution < 1.29 is 14.3 Å². The lowest BCUT2D eigenvalue weighted by molar-refractivity contribution is 0.102. The van der Waals surface area contributed by atoms with Crippen molar-refractivity contribution in [2.75, 3.05) is 5.32 Å². The molecule has 0 unspecified atom stereocenters. The standard InChI is InChI=1S/C14H15FN4O2/c1-3-11-12(4-2)18-19-14(16-11)17-13(21)9-6-5-8(20)7-10(9)15/h5-7,20H,3-4H2,1-2H3,(H,16,17,19,21). The molecule has 0 saturated carbocycles. The lowest BCUT2D eigenvalue weighted by Crippen LogP contribution is -2.17. The summed E-state index contributed by atoms with van der Waals surface area (Å²) in [4.78, 5) is 16.2. The second-order valence-electron chi connectivity index (χ2n) is 4.35. The van der Waals surface area contributed by atoms with Crippen molar-refractivity contribution in [3.8, 4) is 5.75 Å². The number of rotatable bonds is 4. The van der Waals surface area contributed by atoms with Crippen LogP contribution in [-0.2, 0) is 12.8 Å². The zero-order valence-electron chi connectivity index (χ0n) is 11.7. The number of phenols is 1. The quantitative estimate of drug-likeness (QED) is 0.900. The van der Waals surface area contributed by atoms with Crippen molar-refractivity contribution in [1.29, 1.82) is 0 Å². The van der Waals surface area contributed by atoms with E-state index in [-0.39, 0.29) is 17.3 Å². The fraction of sp³-hybridized carbons (Fsp3) is 0.286. The third-order valence-electron chi connectivity index (χ3n) is 2.93. The van der Waals surface area contributed by atoms with Gasteiger partial charge in [0.15, 0.2) is 0 Å². The Morgan fingerprint density at radius 2 is 1.95 bits per heavy atom. The van der Waals surface area contributed by atoms with Gasteiger partial charge in [-0.2, -0.15) is 0 Å². The SMILES string of the molecule is CCc1nnc(NC(=O)c2ccc(O)cc2F)nc1CC. The van der Waals surface area contributed by atoms with Gasteiger partial charge < -0.3 is 5.11 Å². The predicted molar refractivity (Wildman–Crippen MR) is 74.6 cm³/mol. The van der Waals surface area contributed by atoms with E-state index in [0.29, 0.717) is 12.8 Å². The molecule has 2 rings (SSSR count). The van der Waals surface area contributed by atoms with Crippen LogP contribution >= 0.6 is 0 Å². The number of nitrogens with one attached hydrogen (secondary N) is 1. The van der Waals surface area contributed by atoms with Gasteiger partial charge in [-0.15, -0.1) is 10.2 Å². The summed E-state index contributed by atoms with van der Waals surface area (Å²) in [6, 6.07) is 3.29. The number of hydrogen-bond acceptors (Lipinski definition) is 5. The third-order valence-corrected chi connectivity index (χ3v) is 2.93. The number of amides is 1. The van der Waals surface area contributed by atoms with Gasteiger partial charge in [-0.25, -0.2) is 9.37 Å². The molecule has 0 spiro atoms.